The molecule has 20 heavy (non-hydrogen) atoms. The van der Waals surface area contributed by atoms with Gasteiger partial charge in [0.1, 0.15) is 0 Å². The van der Waals surface area contributed by atoms with Crippen LogP contribution in [0.15, 0.2) is 18.2 Å². The Morgan fingerprint density at radius 3 is 2.85 bits per heavy atom. The second kappa shape index (κ2) is 5.70. The Bertz CT molecular complexity index is 613. The van der Waals surface area contributed by atoms with Crippen LogP contribution in [0.1, 0.15) is 23.2 Å². The normalized spacial score (nSPS) is 20.6. The molecule has 3 N–H and O–H groups in total. The summed E-state index contributed by atoms with van der Waals surface area (Å²) in [4.78, 5) is 11.5. The van der Waals surface area contributed by atoms with E-state index in [1.165, 1.54) is 7.11 Å². The predicted molar refractivity (Wildman–Crippen MR) is 77.5 cm³/mol. The number of hydrogen-bond acceptors (Lipinski definition) is 6. The topological polar surface area (TPSA) is 98.5 Å². The fourth-order valence-electron chi connectivity index (χ4n) is 2.32. The average Bonchev–Trinajstić information content (AvgIpc) is 2.76. The standard InChI is InChI=1S/C13H18N2O4S/c1-19-13(16)10-5-2-6-11(12(10)14)15-8-9-4-3-7-20(9,17)18/h2,5-6,9,15H,3-4,7-8,14H2,1H3. The van der Waals surface area contributed by atoms with Crippen molar-refractivity contribution in [3.8, 4) is 0 Å². The molecule has 1 aromatic rings. The SMILES string of the molecule is COC(=O)c1cccc(NCC2CCCS2(=O)=O)c1N. The van der Waals surface area contributed by atoms with Crippen LogP contribution in [0.4, 0.5) is 11.4 Å². The van der Waals surface area contributed by atoms with Gasteiger partial charge in [0.25, 0.3) is 0 Å². The van der Waals surface area contributed by atoms with Gasteiger partial charge in [0.05, 0.1) is 35.1 Å². The highest BCUT2D eigenvalue weighted by Gasteiger charge is 2.31. The Kier molecular flexibility index (Phi) is 4.17. The molecule has 7 heteroatoms. The number of nitrogens with one attached hydrogen (secondary N) is 1. The van der Waals surface area contributed by atoms with E-state index in [4.69, 9.17) is 5.73 Å². The Hall–Kier alpha value is -1.76. The van der Waals surface area contributed by atoms with Gasteiger partial charge < -0.3 is 15.8 Å². The molecular formula is C13H18N2O4S. The number of para-hydroxylation sites is 1. The second-order valence-electron chi connectivity index (χ2n) is 4.77. The number of sulfone groups is 1. The van der Waals surface area contributed by atoms with Gasteiger partial charge in [-0.15, -0.1) is 0 Å². The second-order valence-corrected chi connectivity index (χ2v) is 7.17. The van der Waals surface area contributed by atoms with E-state index in [0.29, 0.717) is 25.1 Å². The molecule has 6 nitrogen and oxygen atoms in total. The van der Waals surface area contributed by atoms with Gasteiger partial charge in [-0.2, -0.15) is 0 Å². The van der Waals surface area contributed by atoms with Gasteiger partial charge in [-0.1, -0.05) is 6.07 Å². The van der Waals surface area contributed by atoms with Crippen molar-refractivity contribution in [2.75, 3.05) is 30.5 Å². The van der Waals surface area contributed by atoms with Gasteiger partial charge in [0.2, 0.25) is 0 Å². The summed E-state index contributed by atoms with van der Waals surface area (Å²) in [6.45, 7) is 0.303. The molecule has 0 spiro atoms. The number of nitrogens with two attached hydrogens (primary N) is 1. The molecular weight excluding hydrogens is 280 g/mol. The molecule has 0 aliphatic carbocycles. The van der Waals surface area contributed by atoms with Gasteiger partial charge in [-0.05, 0) is 25.0 Å². The van der Waals surface area contributed by atoms with Crippen molar-refractivity contribution in [3.05, 3.63) is 23.8 Å². The number of esters is 1. The molecule has 0 amide bonds. The van der Waals surface area contributed by atoms with Crippen LogP contribution >= 0.6 is 0 Å². The molecule has 1 fully saturated rings. The highest BCUT2D eigenvalue weighted by Crippen LogP contribution is 2.25. The van der Waals surface area contributed by atoms with E-state index >= 15 is 0 Å². The van der Waals surface area contributed by atoms with Crippen LogP contribution in [0.5, 0.6) is 0 Å². The summed E-state index contributed by atoms with van der Waals surface area (Å²) in [7, 11) is -1.71. The van der Waals surface area contributed by atoms with Crippen LogP contribution in [0.3, 0.4) is 0 Å². The molecule has 1 aromatic carbocycles. The lowest BCUT2D eigenvalue weighted by atomic mass is 10.1. The first-order valence-electron chi connectivity index (χ1n) is 6.38. The Labute approximate surface area is 118 Å². The van der Waals surface area contributed by atoms with Crippen molar-refractivity contribution in [2.45, 2.75) is 18.1 Å². The van der Waals surface area contributed by atoms with Crippen molar-refractivity contribution in [3.63, 3.8) is 0 Å². The quantitative estimate of drug-likeness (QED) is 0.636. The molecule has 0 saturated carbocycles. The third-order valence-corrected chi connectivity index (χ3v) is 5.77. The summed E-state index contributed by atoms with van der Waals surface area (Å²) in [5.41, 5.74) is 6.99. The van der Waals surface area contributed by atoms with Crippen molar-refractivity contribution in [2.24, 2.45) is 0 Å². The summed E-state index contributed by atoms with van der Waals surface area (Å²) in [5, 5.41) is 2.63. The molecule has 1 aliphatic rings. The van der Waals surface area contributed by atoms with Crippen LogP contribution in [0.25, 0.3) is 0 Å². The molecule has 1 heterocycles. The number of hydrogen-bond donors (Lipinski definition) is 2. The molecule has 0 aromatic heterocycles. The van der Waals surface area contributed by atoms with Gasteiger partial charge >= 0.3 is 5.97 Å². The monoisotopic (exact) mass is 298 g/mol. The number of carbonyl (C=O) groups excluding carboxylic acids is 1. The molecule has 1 saturated heterocycles. The highest BCUT2D eigenvalue weighted by molar-refractivity contribution is 7.92. The lowest BCUT2D eigenvalue weighted by molar-refractivity contribution is 0.0602. The lowest BCUT2D eigenvalue weighted by Crippen LogP contribution is -2.25. The zero-order valence-corrected chi connectivity index (χ0v) is 12.1. The maximum Gasteiger partial charge on any atom is 0.340 e. The molecule has 0 radical (unpaired) electrons. The molecule has 2 rings (SSSR count). The van der Waals surface area contributed by atoms with E-state index in [-0.39, 0.29) is 22.3 Å². The van der Waals surface area contributed by atoms with Crippen molar-refractivity contribution >= 4 is 27.2 Å². The van der Waals surface area contributed by atoms with Crippen LogP contribution in [0, 0.1) is 0 Å². The Morgan fingerprint density at radius 2 is 2.25 bits per heavy atom. The summed E-state index contributed by atoms with van der Waals surface area (Å²) in [5.74, 6) is -0.267. The average molecular weight is 298 g/mol. The zero-order chi connectivity index (χ0) is 14.8. The summed E-state index contributed by atoms with van der Waals surface area (Å²) in [6, 6.07) is 4.95. The van der Waals surface area contributed by atoms with Gasteiger partial charge in [0.15, 0.2) is 9.84 Å². The largest absolute Gasteiger partial charge is 0.465 e. The number of carbonyl (C=O) groups is 1. The van der Waals surface area contributed by atoms with Crippen LogP contribution in [0.2, 0.25) is 0 Å². The minimum absolute atomic E-state index is 0.247. The molecule has 0 bridgehead atoms. The molecule has 1 atom stereocenters. The first-order valence-corrected chi connectivity index (χ1v) is 8.09. The molecule has 1 unspecified atom stereocenters. The smallest absolute Gasteiger partial charge is 0.340 e. The third kappa shape index (κ3) is 2.87. The third-order valence-electron chi connectivity index (χ3n) is 3.49. The van der Waals surface area contributed by atoms with E-state index in [9.17, 15) is 13.2 Å². The van der Waals surface area contributed by atoms with Gasteiger partial charge in [0, 0.05) is 6.54 Å². The zero-order valence-electron chi connectivity index (χ0n) is 11.3. The molecule has 1 aliphatic heterocycles. The lowest BCUT2D eigenvalue weighted by Gasteiger charge is -2.15. The van der Waals surface area contributed by atoms with E-state index in [1.807, 2.05) is 0 Å². The summed E-state index contributed by atoms with van der Waals surface area (Å²) in [6.07, 6.45) is 1.36. The Morgan fingerprint density at radius 1 is 1.50 bits per heavy atom. The highest BCUT2D eigenvalue weighted by atomic mass is 32.2. The minimum Gasteiger partial charge on any atom is -0.465 e. The van der Waals surface area contributed by atoms with Crippen LogP contribution in [-0.4, -0.2) is 39.0 Å². The molecule has 110 valence electrons. The number of methoxy groups -OCH3 is 1. The van der Waals surface area contributed by atoms with Crippen molar-refractivity contribution in [1.82, 2.24) is 0 Å². The number of rotatable bonds is 4. The fraction of sp³-hybridized carbons (Fsp3) is 0.462. The van der Waals surface area contributed by atoms with Gasteiger partial charge in [-0.25, -0.2) is 13.2 Å². The number of benzene rings is 1. The van der Waals surface area contributed by atoms with Crippen LogP contribution in [-0.2, 0) is 14.6 Å². The van der Waals surface area contributed by atoms with E-state index in [1.54, 1.807) is 18.2 Å². The van der Waals surface area contributed by atoms with E-state index in [0.717, 1.165) is 0 Å². The first kappa shape index (κ1) is 14.6. The predicted octanol–water partition coefficient (Wildman–Crippen LogP) is 1.04. The number of anilines is 2. The van der Waals surface area contributed by atoms with Gasteiger partial charge in [-0.3, -0.25) is 0 Å². The fourth-order valence-corrected chi connectivity index (χ4v) is 4.08. The maximum atomic E-state index is 11.7. The van der Waals surface area contributed by atoms with E-state index in [2.05, 4.69) is 10.1 Å². The summed E-state index contributed by atoms with van der Waals surface area (Å²) >= 11 is 0. The first-order chi connectivity index (χ1) is 9.45. The van der Waals surface area contributed by atoms with E-state index < -0.39 is 15.8 Å². The maximum absolute atomic E-state index is 11.7. The number of nitrogen functional groups attached to an aromatic ring is 1. The van der Waals surface area contributed by atoms with Crippen molar-refractivity contribution in [1.29, 1.82) is 0 Å². The van der Waals surface area contributed by atoms with Crippen LogP contribution < -0.4 is 11.1 Å². The Balaban J connectivity index is 2.12. The van der Waals surface area contributed by atoms with Crippen molar-refractivity contribution < 1.29 is 17.9 Å². The summed E-state index contributed by atoms with van der Waals surface area (Å²) < 4.78 is 28.1. The number of ether oxygens (including phenoxy) is 1. The minimum atomic E-state index is -3.00.